The normalized spacial score (nSPS) is 27.7. The monoisotopic (exact) mass is 344 g/mol. The Morgan fingerprint density at radius 2 is 1.92 bits per heavy atom. The lowest BCUT2D eigenvalue weighted by molar-refractivity contribution is -0.134. The molecule has 0 aliphatic carbocycles. The van der Waals surface area contributed by atoms with Gasteiger partial charge in [-0.1, -0.05) is 0 Å². The molecule has 2 aliphatic heterocycles. The molecule has 1 unspecified atom stereocenters. The molecule has 0 radical (unpaired) electrons. The molecule has 0 aromatic rings. The summed E-state index contributed by atoms with van der Waals surface area (Å²) in [6, 6.07) is 0. The van der Waals surface area contributed by atoms with E-state index in [4.69, 9.17) is 19.4 Å². The van der Waals surface area contributed by atoms with Gasteiger partial charge in [-0.2, -0.15) is 0 Å². The summed E-state index contributed by atoms with van der Waals surface area (Å²) in [5.41, 5.74) is -0.535. The van der Waals surface area contributed by atoms with Crippen molar-refractivity contribution in [2.45, 2.75) is 71.2 Å². The summed E-state index contributed by atoms with van der Waals surface area (Å²) in [6.07, 6.45) is 2.89. The van der Waals surface area contributed by atoms with E-state index in [1.807, 2.05) is 25.7 Å². The Morgan fingerprint density at radius 1 is 1.29 bits per heavy atom. The van der Waals surface area contributed by atoms with E-state index >= 15 is 0 Å². The third kappa shape index (κ3) is 7.49. The van der Waals surface area contributed by atoms with E-state index in [0.29, 0.717) is 6.54 Å². The van der Waals surface area contributed by atoms with Crippen LogP contribution >= 0.6 is 0 Å². The first-order valence-corrected chi connectivity index (χ1v) is 8.59. The molecule has 24 heavy (non-hydrogen) atoms. The van der Waals surface area contributed by atoms with Gasteiger partial charge in [-0.05, 0) is 47.0 Å². The Hall–Kier alpha value is -1.34. The van der Waals surface area contributed by atoms with Gasteiger partial charge in [0.1, 0.15) is 5.60 Å². The molecule has 140 valence electrons. The highest BCUT2D eigenvalue weighted by Gasteiger charge is 2.38. The average Bonchev–Trinajstić information content (AvgIpc) is 2.59. The van der Waals surface area contributed by atoms with Crippen LogP contribution in [0.15, 0.2) is 0 Å². The number of amides is 1. The minimum absolute atomic E-state index is 0.103. The fourth-order valence-electron chi connectivity index (χ4n) is 2.98. The zero-order valence-corrected chi connectivity index (χ0v) is 15.6. The summed E-state index contributed by atoms with van der Waals surface area (Å²) in [5.74, 6) is -0.833. The Balaban J connectivity index is 0.000000648. The number of hydrogen-bond donors (Lipinski definition) is 2. The van der Waals surface area contributed by atoms with Crippen molar-refractivity contribution < 1.29 is 24.2 Å². The number of ether oxygens (including phenoxy) is 2. The van der Waals surface area contributed by atoms with Crippen LogP contribution in [0.2, 0.25) is 0 Å². The fraction of sp³-hybridized carbons (Fsp3) is 0.882. The van der Waals surface area contributed by atoms with Crippen molar-refractivity contribution in [2.75, 3.05) is 26.2 Å². The lowest BCUT2D eigenvalue weighted by atomic mass is 9.92. The molecule has 2 heterocycles. The zero-order valence-electron chi connectivity index (χ0n) is 15.6. The van der Waals surface area contributed by atoms with Crippen molar-refractivity contribution in [2.24, 2.45) is 0 Å². The number of carbonyl (C=O) groups is 2. The molecule has 2 rings (SSSR count). The molecule has 7 nitrogen and oxygen atoms in total. The SMILES string of the molecule is CC(=O)O.C[C@H]1CNCC2(CCCN(C(=O)OC(C)(C)C)CC2)O1. The van der Waals surface area contributed by atoms with Crippen LogP contribution < -0.4 is 5.32 Å². The Labute approximate surface area is 144 Å². The van der Waals surface area contributed by atoms with E-state index in [0.717, 1.165) is 45.8 Å². The van der Waals surface area contributed by atoms with Crippen molar-refractivity contribution in [3.63, 3.8) is 0 Å². The first-order chi connectivity index (χ1) is 11.0. The minimum Gasteiger partial charge on any atom is -0.481 e. The number of nitrogens with one attached hydrogen (secondary N) is 1. The predicted octanol–water partition coefficient (Wildman–Crippen LogP) is 2.25. The number of carboxylic acids is 1. The van der Waals surface area contributed by atoms with Crippen molar-refractivity contribution in [3.8, 4) is 0 Å². The molecule has 2 N–H and O–H groups in total. The summed E-state index contributed by atoms with van der Waals surface area (Å²) < 4.78 is 11.6. The number of hydrogen-bond acceptors (Lipinski definition) is 5. The maximum Gasteiger partial charge on any atom is 0.410 e. The van der Waals surface area contributed by atoms with Crippen LogP contribution in [0.25, 0.3) is 0 Å². The van der Waals surface area contributed by atoms with Gasteiger partial charge in [0.15, 0.2) is 0 Å². The number of rotatable bonds is 0. The lowest BCUT2D eigenvalue weighted by Crippen LogP contribution is -2.53. The standard InChI is InChI=1S/C15H28N2O3.C2H4O2/c1-12-10-16-11-15(19-12)6-5-8-17(9-7-15)13(18)20-14(2,3)4;1-2(3)4/h12,16H,5-11H2,1-4H3;1H3,(H,3,4)/t12-,15?;/m0./s1. The maximum atomic E-state index is 12.1. The summed E-state index contributed by atoms with van der Waals surface area (Å²) in [5, 5.41) is 10.9. The molecular weight excluding hydrogens is 312 g/mol. The zero-order chi connectivity index (χ0) is 18.4. The Morgan fingerprint density at radius 3 is 2.46 bits per heavy atom. The van der Waals surface area contributed by atoms with Crippen LogP contribution in [0.4, 0.5) is 4.79 Å². The smallest absolute Gasteiger partial charge is 0.410 e. The highest BCUT2D eigenvalue weighted by Crippen LogP contribution is 2.29. The third-order valence-electron chi connectivity index (χ3n) is 3.88. The Kier molecular flexibility index (Phi) is 7.48. The molecule has 1 spiro atoms. The molecule has 0 saturated carbocycles. The van der Waals surface area contributed by atoms with Gasteiger partial charge in [-0.3, -0.25) is 4.79 Å². The van der Waals surface area contributed by atoms with Crippen LogP contribution in [-0.2, 0) is 14.3 Å². The first-order valence-electron chi connectivity index (χ1n) is 8.59. The van der Waals surface area contributed by atoms with Crippen LogP contribution in [0, 0.1) is 0 Å². The number of nitrogens with zero attached hydrogens (tertiary/aromatic N) is 1. The molecule has 0 aromatic heterocycles. The van der Waals surface area contributed by atoms with Gasteiger partial charge in [-0.25, -0.2) is 4.79 Å². The number of carbonyl (C=O) groups excluding carboxylic acids is 1. The van der Waals surface area contributed by atoms with Crippen LogP contribution in [-0.4, -0.2) is 65.6 Å². The van der Waals surface area contributed by atoms with E-state index in [1.165, 1.54) is 0 Å². The van der Waals surface area contributed by atoms with E-state index in [1.54, 1.807) is 0 Å². The van der Waals surface area contributed by atoms with Crippen LogP contribution in [0.1, 0.15) is 53.9 Å². The van der Waals surface area contributed by atoms with Gasteiger partial charge in [0.25, 0.3) is 5.97 Å². The summed E-state index contributed by atoms with van der Waals surface area (Å²) >= 11 is 0. The van der Waals surface area contributed by atoms with Crippen LogP contribution in [0.3, 0.4) is 0 Å². The highest BCUT2D eigenvalue weighted by molar-refractivity contribution is 5.68. The lowest BCUT2D eigenvalue weighted by Gasteiger charge is -2.40. The molecular formula is C17H32N2O5. The molecule has 7 heteroatoms. The molecule has 2 fully saturated rings. The second-order valence-corrected chi connectivity index (χ2v) is 7.58. The van der Waals surface area contributed by atoms with Crippen molar-refractivity contribution >= 4 is 12.1 Å². The number of likely N-dealkylation sites (tertiary alicyclic amines) is 1. The van der Waals surface area contributed by atoms with Crippen LogP contribution in [0.5, 0.6) is 0 Å². The second kappa shape index (κ2) is 8.67. The molecule has 2 saturated heterocycles. The predicted molar refractivity (Wildman–Crippen MR) is 91.1 cm³/mol. The van der Waals surface area contributed by atoms with Gasteiger partial charge in [-0.15, -0.1) is 0 Å². The Bertz CT molecular complexity index is 431. The largest absolute Gasteiger partial charge is 0.481 e. The molecule has 2 atom stereocenters. The molecule has 0 bridgehead atoms. The van der Waals surface area contributed by atoms with E-state index < -0.39 is 11.6 Å². The average molecular weight is 344 g/mol. The quantitative estimate of drug-likeness (QED) is 0.701. The van der Waals surface area contributed by atoms with Gasteiger partial charge < -0.3 is 24.8 Å². The molecule has 1 amide bonds. The van der Waals surface area contributed by atoms with E-state index in [9.17, 15) is 4.79 Å². The number of carboxylic acid groups (broad SMARTS) is 1. The van der Waals surface area contributed by atoms with E-state index in [-0.39, 0.29) is 17.8 Å². The molecule has 2 aliphatic rings. The fourth-order valence-corrected chi connectivity index (χ4v) is 2.98. The van der Waals surface area contributed by atoms with Crippen molar-refractivity contribution in [1.82, 2.24) is 10.2 Å². The summed E-state index contributed by atoms with van der Waals surface area (Å²) in [6.45, 7) is 12.2. The van der Waals surface area contributed by atoms with E-state index in [2.05, 4.69) is 12.2 Å². The third-order valence-corrected chi connectivity index (χ3v) is 3.88. The molecule has 0 aromatic carbocycles. The van der Waals surface area contributed by atoms with Crippen molar-refractivity contribution in [3.05, 3.63) is 0 Å². The second-order valence-electron chi connectivity index (χ2n) is 7.58. The van der Waals surface area contributed by atoms with Gasteiger partial charge in [0, 0.05) is 33.1 Å². The maximum absolute atomic E-state index is 12.1. The van der Waals surface area contributed by atoms with Gasteiger partial charge >= 0.3 is 6.09 Å². The highest BCUT2D eigenvalue weighted by atomic mass is 16.6. The van der Waals surface area contributed by atoms with Crippen molar-refractivity contribution in [1.29, 1.82) is 0 Å². The van der Waals surface area contributed by atoms with Gasteiger partial charge in [0.2, 0.25) is 0 Å². The minimum atomic E-state index is -0.833. The summed E-state index contributed by atoms with van der Waals surface area (Å²) in [7, 11) is 0. The van der Waals surface area contributed by atoms with Gasteiger partial charge in [0.05, 0.1) is 11.7 Å². The number of morpholine rings is 1. The number of aliphatic carboxylic acids is 1. The first kappa shape index (κ1) is 20.7. The summed E-state index contributed by atoms with van der Waals surface area (Å²) in [4.78, 5) is 23.0. The topological polar surface area (TPSA) is 88.1 Å².